The van der Waals surface area contributed by atoms with Crippen molar-refractivity contribution in [3.63, 3.8) is 0 Å². The standard InChI is InChI=1S/C21H24F2N2O3/c1-19(28)7-13(8-19)24-17(26)10-25-11-20(9-16(20)22)15-6-12(21(23)4-5-21)2-3-14(15)18(25)27/h2-3,6,13,16,28H,4-5,7-11H2,1H3,(H,24,26)/t13-,16-,19-,20-/m1/s1. The maximum Gasteiger partial charge on any atom is 0.254 e. The molecule has 0 aromatic heterocycles. The summed E-state index contributed by atoms with van der Waals surface area (Å²) < 4.78 is 28.9. The van der Waals surface area contributed by atoms with Gasteiger partial charge in [-0.3, -0.25) is 9.59 Å². The van der Waals surface area contributed by atoms with Crippen LogP contribution in [0, 0.1) is 0 Å². The van der Waals surface area contributed by atoms with Crippen LogP contribution in [0.5, 0.6) is 0 Å². The first-order valence-corrected chi connectivity index (χ1v) is 9.91. The van der Waals surface area contributed by atoms with Gasteiger partial charge in [-0.25, -0.2) is 8.78 Å². The molecule has 150 valence electrons. The molecule has 3 fully saturated rings. The highest BCUT2D eigenvalue weighted by Gasteiger charge is 2.61. The van der Waals surface area contributed by atoms with Crippen molar-refractivity contribution < 1.29 is 23.5 Å². The molecule has 3 saturated carbocycles. The number of alkyl halides is 2. The molecule has 1 spiro atoms. The van der Waals surface area contributed by atoms with Crippen LogP contribution >= 0.6 is 0 Å². The molecule has 4 aliphatic rings. The topological polar surface area (TPSA) is 69.6 Å². The molecular weight excluding hydrogens is 366 g/mol. The average molecular weight is 390 g/mol. The van der Waals surface area contributed by atoms with E-state index in [2.05, 4.69) is 5.32 Å². The summed E-state index contributed by atoms with van der Waals surface area (Å²) in [6, 6.07) is 4.79. The summed E-state index contributed by atoms with van der Waals surface area (Å²) in [5, 5.41) is 12.6. The third-order valence-electron chi connectivity index (χ3n) is 6.81. The first-order valence-electron chi connectivity index (χ1n) is 9.91. The van der Waals surface area contributed by atoms with Crippen molar-refractivity contribution in [2.24, 2.45) is 0 Å². The number of hydrogen-bond donors (Lipinski definition) is 2. The van der Waals surface area contributed by atoms with Gasteiger partial charge in [-0.15, -0.1) is 0 Å². The van der Waals surface area contributed by atoms with Gasteiger partial charge in [0.25, 0.3) is 5.91 Å². The lowest BCUT2D eigenvalue weighted by atomic mass is 9.77. The lowest BCUT2D eigenvalue weighted by molar-refractivity contribution is -0.125. The summed E-state index contributed by atoms with van der Waals surface area (Å²) in [7, 11) is 0. The zero-order valence-corrected chi connectivity index (χ0v) is 15.8. The van der Waals surface area contributed by atoms with Gasteiger partial charge in [0.15, 0.2) is 0 Å². The molecule has 2 atom stereocenters. The van der Waals surface area contributed by atoms with Gasteiger partial charge in [-0.05, 0) is 56.2 Å². The van der Waals surface area contributed by atoms with Gasteiger partial charge in [0.1, 0.15) is 11.8 Å². The number of nitrogens with zero attached hydrogens (tertiary/aromatic N) is 1. The van der Waals surface area contributed by atoms with E-state index < -0.39 is 22.9 Å². The molecule has 0 bridgehead atoms. The van der Waals surface area contributed by atoms with Crippen LogP contribution in [0.1, 0.15) is 60.5 Å². The number of nitrogens with one attached hydrogen (secondary N) is 1. The fourth-order valence-electron chi connectivity index (χ4n) is 4.87. The van der Waals surface area contributed by atoms with Crippen molar-refractivity contribution in [3.8, 4) is 0 Å². The first-order chi connectivity index (χ1) is 13.1. The highest BCUT2D eigenvalue weighted by Crippen LogP contribution is 2.57. The fraction of sp³-hybridized carbons (Fsp3) is 0.619. The van der Waals surface area contributed by atoms with Crippen LogP contribution in [0.3, 0.4) is 0 Å². The predicted octanol–water partition coefficient (Wildman–Crippen LogP) is 2.11. The fourth-order valence-corrected chi connectivity index (χ4v) is 4.87. The second kappa shape index (κ2) is 5.53. The van der Waals surface area contributed by atoms with Gasteiger partial charge in [0.2, 0.25) is 5.91 Å². The van der Waals surface area contributed by atoms with Gasteiger partial charge < -0.3 is 15.3 Å². The number of halogens is 2. The number of amides is 2. The summed E-state index contributed by atoms with van der Waals surface area (Å²) in [6.45, 7) is 1.72. The number of fused-ring (bicyclic) bond motifs is 2. The van der Waals surface area contributed by atoms with Crippen molar-refractivity contribution >= 4 is 11.8 Å². The summed E-state index contributed by atoms with van der Waals surface area (Å²) in [5.74, 6) is -0.619. The Morgan fingerprint density at radius 2 is 2.00 bits per heavy atom. The van der Waals surface area contributed by atoms with Gasteiger partial charge in [0.05, 0.1) is 12.1 Å². The van der Waals surface area contributed by atoms with Gasteiger partial charge in [0, 0.05) is 23.6 Å². The van der Waals surface area contributed by atoms with E-state index in [1.54, 1.807) is 25.1 Å². The van der Waals surface area contributed by atoms with Gasteiger partial charge >= 0.3 is 0 Å². The quantitative estimate of drug-likeness (QED) is 0.827. The molecule has 0 radical (unpaired) electrons. The summed E-state index contributed by atoms with van der Waals surface area (Å²) in [4.78, 5) is 26.7. The van der Waals surface area contributed by atoms with E-state index in [-0.39, 0.29) is 30.9 Å². The third kappa shape index (κ3) is 2.74. The smallest absolute Gasteiger partial charge is 0.254 e. The van der Waals surface area contributed by atoms with Crippen LogP contribution in [0.4, 0.5) is 8.78 Å². The van der Waals surface area contributed by atoms with E-state index in [4.69, 9.17) is 0 Å². The Hall–Kier alpha value is -2.02. The molecule has 0 unspecified atom stereocenters. The third-order valence-corrected chi connectivity index (χ3v) is 6.81. The lowest BCUT2D eigenvalue weighted by Gasteiger charge is -2.41. The minimum atomic E-state index is -1.33. The predicted molar refractivity (Wildman–Crippen MR) is 97.3 cm³/mol. The lowest BCUT2D eigenvalue weighted by Crippen LogP contribution is -2.56. The van der Waals surface area contributed by atoms with E-state index >= 15 is 0 Å². The van der Waals surface area contributed by atoms with Gasteiger partial charge in [-0.2, -0.15) is 0 Å². The second-order valence-electron chi connectivity index (χ2n) is 9.38. The van der Waals surface area contributed by atoms with Crippen molar-refractivity contribution in [2.45, 2.75) is 67.9 Å². The van der Waals surface area contributed by atoms with Crippen LogP contribution in [0.25, 0.3) is 0 Å². The van der Waals surface area contributed by atoms with Crippen LogP contribution in [0.2, 0.25) is 0 Å². The monoisotopic (exact) mass is 390 g/mol. The maximum atomic E-state index is 14.5. The number of rotatable bonds is 4. The zero-order chi connectivity index (χ0) is 19.9. The number of carbonyl (C=O) groups excluding carboxylic acids is 2. The molecule has 0 saturated heterocycles. The number of aliphatic hydroxyl groups is 1. The second-order valence-corrected chi connectivity index (χ2v) is 9.38. The molecule has 1 aromatic carbocycles. The van der Waals surface area contributed by atoms with Crippen molar-refractivity contribution in [3.05, 3.63) is 34.9 Å². The molecule has 1 heterocycles. The Labute approximate surface area is 162 Å². The van der Waals surface area contributed by atoms with Crippen LogP contribution in [-0.4, -0.2) is 52.7 Å². The number of benzene rings is 1. The molecule has 2 amide bonds. The minimum absolute atomic E-state index is 0.0969. The molecule has 5 nitrogen and oxygen atoms in total. The highest BCUT2D eigenvalue weighted by molar-refractivity contribution is 6.00. The Balaban J connectivity index is 1.35. The minimum Gasteiger partial charge on any atom is -0.390 e. The SMILES string of the molecule is C[C@]1(O)C[C@H](NC(=O)CN2C[C@]3(C[C@H]3F)c3cc(C4(F)CC4)ccc3C2=O)C1. The molecule has 28 heavy (non-hydrogen) atoms. The van der Waals surface area contributed by atoms with Crippen molar-refractivity contribution in [2.75, 3.05) is 13.1 Å². The molecule has 7 heteroatoms. The number of hydrogen-bond acceptors (Lipinski definition) is 3. The molecule has 2 N–H and O–H groups in total. The van der Waals surface area contributed by atoms with Crippen molar-refractivity contribution in [1.82, 2.24) is 10.2 Å². The Morgan fingerprint density at radius 3 is 2.57 bits per heavy atom. The summed E-state index contributed by atoms with van der Waals surface area (Å²) in [6.07, 6.45) is 1.11. The molecular formula is C21H24F2N2O3. The zero-order valence-electron chi connectivity index (χ0n) is 15.8. The highest BCUT2D eigenvalue weighted by atomic mass is 19.1. The normalized spacial score (nSPS) is 37.3. The van der Waals surface area contributed by atoms with Crippen LogP contribution < -0.4 is 5.32 Å². The summed E-state index contributed by atoms with van der Waals surface area (Å²) >= 11 is 0. The van der Waals surface area contributed by atoms with Crippen LogP contribution in [-0.2, 0) is 15.9 Å². The Kier molecular flexibility index (Phi) is 3.56. The maximum absolute atomic E-state index is 14.5. The molecule has 1 aliphatic heterocycles. The van der Waals surface area contributed by atoms with Crippen molar-refractivity contribution in [1.29, 1.82) is 0 Å². The summed E-state index contributed by atoms with van der Waals surface area (Å²) in [5.41, 5.74) is -1.39. The Morgan fingerprint density at radius 1 is 1.32 bits per heavy atom. The van der Waals surface area contributed by atoms with E-state index in [1.807, 2.05) is 0 Å². The molecule has 3 aliphatic carbocycles. The van der Waals surface area contributed by atoms with Gasteiger partial charge in [-0.1, -0.05) is 12.1 Å². The Bertz CT molecular complexity index is 874. The molecule has 1 aromatic rings. The van der Waals surface area contributed by atoms with Crippen LogP contribution in [0.15, 0.2) is 18.2 Å². The molecule has 5 rings (SSSR count). The number of carbonyl (C=O) groups is 2. The van der Waals surface area contributed by atoms with E-state index in [0.29, 0.717) is 48.8 Å². The van der Waals surface area contributed by atoms with E-state index in [1.165, 1.54) is 4.90 Å². The first kappa shape index (κ1) is 18.0. The largest absolute Gasteiger partial charge is 0.390 e. The van der Waals surface area contributed by atoms with E-state index in [0.717, 1.165) is 0 Å². The average Bonchev–Trinajstić information content (AvgIpc) is 3.49. The van der Waals surface area contributed by atoms with E-state index in [9.17, 15) is 23.5 Å².